The standard InChI is InChI=1S/C17H23N3O/c1-12(2)9-14-7-5-6-8-15(14)11-18-17(21)16-10-13(3)20(4)19-16/h5-8,10,12H,9,11H2,1-4H3,(H,18,21). The maximum absolute atomic E-state index is 12.1. The van der Waals surface area contributed by atoms with E-state index in [1.54, 1.807) is 10.7 Å². The van der Waals surface area contributed by atoms with Crippen LogP contribution in [0.15, 0.2) is 30.3 Å². The van der Waals surface area contributed by atoms with E-state index in [2.05, 4.69) is 36.4 Å². The minimum Gasteiger partial charge on any atom is -0.347 e. The zero-order valence-electron chi connectivity index (χ0n) is 13.2. The number of nitrogens with zero attached hydrogens (tertiary/aromatic N) is 2. The Morgan fingerprint density at radius 1 is 1.29 bits per heavy atom. The minimum atomic E-state index is -0.127. The molecule has 0 saturated heterocycles. The van der Waals surface area contributed by atoms with Crippen LogP contribution in [0.1, 0.15) is 41.2 Å². The highest BCUT2D eigenvalue weighted by Crippen LogP contribution is 2.14. The van der Waals surface area contributed by atoms with Crippen molar-refractivity contribution in [3.8, 4) is 0 Å². The van der Waals surface area contributed by atoms with Crippen molar-refractivity contribution in [1.82, 2.24) is 15.1 Å². The fourth-order valence-electron chi connectivity index (χ4n) is 2.31. The summed E-state index contributed by atoms with van der Waals surface area (Å²) in [5.74, 6) is 0.471. The van der Waals surface area contributed by atoms with E-state index in [0.29, 0.717) is 18.2 Å². The van der Waals surface area contributed by atoms with Crippen molar-refractivity contribution in [3.63, 3.8) is 0 Å². The topological polar surface area (TPSA) is 46.9 Å². The van der Waals surface area contributed by atoms with Crippen LogP contribution in [-0.2, 0) is 20.0 Å². The molecule has 21 heavy (non-hydrogen) atoms. The average molecular weight is 285 g/mol. The number of hydrogen-bond acceptors (Lipinski definition) is 2. The van der Waals surface area contributed by atoms with E-state index in [0.717, 1.165) is 12.1 Å². The van der Waals surface area contributed by atoms with Gasteiger partial charge in [0, 0.05) is 19.3 Å². The van der Waals surface area contributed by atoms with E-state index in [9.17, 15) is 4.79 Å². The molecule has 0 radical (unpaired) electrons. The lowest BCUT2D eigenvalue weighted by Gasteiger charge is -2.12. The molecule has 0 bridgehead atoms. The van der Waals surface area contributed by atoms with Crippen LogP contribution in [0, 0.1) is 12.8 Å². The van der Waals surface area contributed by atoms with Crippen LogP contribution < -0.4 is 5.32 Å². The maximum Gasteiger partial charge on any atom is 0.272 e. The smallest absolute Gasteiger partial charge is 0.272 e. The molecule has 0 aliphatic carbocycles. The van der Waals surface area contributed by atoms with Gasteiger partial charge >= 0.3 is 0 Å². The highest BCUT2D eigenvalue weighted by molar-refractivity contribution is 5.92. The summed E-state index contributed by atoms with van der Waals surface area (Å²) < 4.78 is 1.71. The summed E-state index contributed by atoms with van der Waals surface area (Å²) in [6.07, 6.45) is 1.02. The molecule has 0 atom stereocenters. The molecule has 0 aliphatic rings. The molecule has 112 valence electrons. The Balaban J connectivity index is 2.04. The van der Waals surface area contributed by atoms with Crippen LogP contribution in [0.5, 0.6) is 0 Å². The predicted molar refractivity (Wildman–Crippen MR) is 84.1 cm³/mol. The second-order valence-electron chi connectivity index (χ2n) is 5.84. The largest absolute Gasteiger partial charge is 0.347 e. The molecule has 4 heteroatoms. The van der Waals surface area contributed by atoms with Crippen molar-refractivity contribution in [2.75, 3.05) is 0 Å². The third-order valence-electron chi connectivity index (χ3n) is 3.53. The highest BCUT2D eigenvalue weighted by atomic mass is 16.1. The second kappa shape index (κ2) is 6.57. The molecule has 0 fully saturated rings. The Hall–Kier alpha value is -2.10. The van der Waals surface area contributed by atoms with Crippen LogP contribution >= 0.6 is 0 Å². The number of rotatable bonds is 5. The lowest BCUT2D eigenvalue weighted by atomic mass is 9.98. The zero-order valence-corrected chi connectivity index (χ0v) is 13.2. The molecule has 1 aromatic heterocycles. The third-order valence-corrected chi connectivity index (χ3v) is 3.53. The van der Waals surface area contributed by atoms with Gasteiger partial charge < -0.3 is 5.32 Å². The number of hydrogen-bond donors (Lipinski definition) is 1. The number of carbonyl (C=O) groups is 1. The lowest BCUT2D eigenvalue weighted by molar-refractivity contribution is 0.0945. The molecule has 0 saturated carbocycles. The molecular formula is C17H23N3O. The molecule has 2 rings (SSSR count). The van der Waals surface area contributed by atoms with E-state index in [4.69, 9.17) is 0 Å². The highest BCUT2D eigenvalue weighted by Gasteiger charge is 2.11. The van der Waals surface area contributed by atoms with Crippen molar-refractivity contribution in [1.29, 1.82) is 0 Å². The molecule has 4 nitrogen and oxygen atoms in total. The predicted octanol–water partition coefficient (Wildman–Crippen LogP) is 2.86. The van der Waals surface area contributed by atoms with Gasteiger partial charge in [0.15, 0.2) is 0 Å². The van der Waals surface area contributed by atoms with Gasteiger partial charge in [-0.3, -0.25) is 9.48 Å². The van der Waals surface area contributed by atoms with E-state index in [1.807, 2.05) is 26.1 Å². The van der Waals surface area contributed by atoms with E-state index >= 15 is 0 Å². The van der Waals surface area contributed by atoms with Crippen molar-refractivity contribution >= 4 is 5.91 Å². The van der Waals surface area contributed by atoms with E-state index in [1.165, 1.54) is 11.1 Å². The van der Waals surface area contributed by atoms with Crippen molar-refractivity contribution in [3.05, 3.63) is 52.8 Å². The van der Waals surface area contributed by atoms with Gasteiger partial charge in [0.05, 0.1) is 0 Å². The Labute approximate surface area is 126 Å². The Morgan fingerprint density at radius 3 is 2.52 bits per heavy atom. The van der Waals surface area contributed by atoms with Crippen LogP contribution in [0.3, 0.4) is 0 Å². The quantitative estimate of drug-likeness (QED) is 0.918. The normalized spacial score (nSPS) is 10.9. The summed E-state index contributed by atoms with van der Waals surface area (Å²) in [4.78, 5) is 12.1. The fourth-order valence-corrected chi connectivity index (χ4v) is 2.31. The van der Waals surface area contributed by atoms with Crippen molar-refractivity contribution in [2.24, 2.45) is 13.0 Å². The molecule has 0 spiro atoms. The number of aryl methyl sites for hydroxylation is 2. The summed E-state index contributed by atoms with van der Waals surface area (Å²) in [6.45, 7) is 6.87. The first-order valence-electron chi connectivity index (χ1n) is 7.33. The molecule has 0 aliphatic heterocycles. The van der Waals surface area contributed by atoms with Crippen LogP contribution in [0.4, 0.5) is 0 Å². The average Bonchev–Trinajstić information content (AvgIpc) is 2.77. The van der Waals surface area contributed by atoms with Crippen molar-refractivity contribution < 1.29 is 4.79 Å². The monoisotopic (exact) mass is 285 g/mol. The van der Waals surface area contributed by atoms with Crippen LogP contribution in [0.2, 0.25) is 0 Å². The summed E-state index contributed by atoms with van der Waals surface area (Å²) in [5, 5.41) is 7.15. The Morgan fingerprint density at radius 2 is 1.95 bits per heavy atom. The number of amides is 1. The number of benzene rings is 1. The minimum absolute atomic E-state index is 0.127. The Bertz CT molecular complexity index is 609. The molecule has 1 N–H and O–H groups in total. The molecular weight excluding hydrogens is 262 g/mol. The molecule has 1 aromatic carbocycles. The summed E-state index contributed by atoms with van der Waals surface area (Å²) >= 11 is 0. The van der Waals surface area contributed by atoms with Crippen LogP contribution in [0.25, 0.3) is 0 Å². The van der Waals surface area contributed by atoms with Gasteiger partial charge in [-0.1, -0.05) is 38.1 Å². The Kier molecular flexibility index (Phi) is 4.78. The second-order valence-corrected chi connectivity index (χ2v) is 5.84. The first kappa shape index (κ1) is 15.3. The third kappa shape index (κ3) is 3.94. The summed E-state index contributed by atoms with van der Waals surface area (Å²) in [7, 11) is 1.84. The fraction of sp³-hybridized carbons (Fsp3) is 0.412. The first-order valence-corrected chi connectivity index (χ1v) is 7.33. The molecule has 0 unspecified atom stereocenters. The first-order chi connectivity index (χ1) is 9.97. The van der Waals surface area contributed by atoms with E-state index in [-0.39, 0.29) is 5.91 Å². The van der Waals surface area contributed by atoms with Gasteiger partial charge in [-0.05, 0) is 36.5 Å². The molecule has 1 heterocycles. The van der Waals surface area contributed by atoms with Crippen molar-refractivity contribution in [2.45, 2.75) is 33.7 Å². The van der Waals surface area contributed by atoms with Crippen LogP contribution in [-0.4, -0.2) is 15.7 Å². The number of nitrogens with one attached hydrogen (secondary N) is 1. The van der Waals surface area contributed by atoms with Gasteiger partial charge in [-0.25, -0.2) is 0 Å². The van der Waals surface area contributed by atoms with Gasteiger partial charge in [-0.15, -0.1) is 0 Å². The summed E-state index contributed by atoms with van der Waals surface area (Å²) in [5.41, 5.74) is 3.91. The van der Waals surface area contributed by atoms with E-state index < -0.39 is 0 Å². The van der Waals surface area contributed by atoms with Gasteiger partial charge in [0.2, 0.25) is 0 Å². The molecule has 2 aromatic rings. The van der Waals surface area contributed by atoms with Gasteiger partial charge in [0.25, 0.3) is 5.91 Å². The SMILES string of the molecule is Cc1cc(C(=O)NCc2ccccc2CC(C)C)nn1C. The zero-order chi connectivity index (χ0) is 15.4. The van der Waals surface area contributed by atoms with Gasteiger partial charge in [0.1, 0.15) is 5.69 Å². The maximum atomic E-state index is 12.1. The van der Waals surface area contributed by atoms with Gasteiger partial charge in [-0.2, -0.15) is 5.10 Å². The molecule has 1 amide bonds. The number of carbonyl (C=O) groups excluding carboxylic acids is 1. The lowest BCUT2D eigenvalue weighted by Crippen LogP contribution is -2.24. The number of aromatic nitrogens is 2. The summed E-state index contributed by atoms with van der Waals surface area (Å²) in [6, 6.07) is 10.1.